The van der Waals surface area contributed by atoms with Crippen LogP contribution in [0.5, 0.6) is 0 Å². The monoisotopic (exact) mass is 373 g/mol. The Balaban J connectivity index is 1.66. The molecule has 0 unspecified atom stereocenters. The van der Waals surface area contributed by atoms with Crippen molar-refractivity contribution in [3.63, 3.8) is 0 Å². The van der Waals surface area contributed by atoms with Crippen LogP contribution in [0.25, 0.3) is 0 Å². The Hall–Kier alpha value is -2.32. The van der Waals surface area contributed by atoms with Crippen LogP contribution < -0.4 is 0 Å². The molecule has 1 aromatic carbocycles. The smallest absolute Gasteiger partial charge is 0.223 e. The van der Waals surface area contributed by atoms with Crippen molar-refractivity contribution in [2.45, 2.75) is 38.3 Å². The summed E-state index contributed by atoms with van der Waals surface area (Å²) in [5, 5.41) is 11.8. The molecule has 0 spiro atoms. The minimum absolute atomic E-state index is 0.119. The third kappa shape index (κ3) is 4.70. The van der Waals surface area contributed by atoms with Crippen LogP contribution in [0, 0.1) is 0 Å². The van der Waals surface area contributed by atoms with Crippen molar-refractivity contribution in [3.8, 4) is 0 Å². The van der Waals surface area contributed by atoms with Crippen molar-refractivity contribution in [2.24, 2.45) is 0 Å². The Kier molecular flexibility index (Phi) is 6.18. The van der Waals surface area contributed by atoms with Gasteiger partial charge in [-0.1, -0.05) is 44.2 Å². The minimum Gasteiger partial charge on any atom is -0.383 e. The highest BCUT2D eigenvalue weighted by Crippen LogP contribution is 2.29. The lowest BCUT2D eigenvalue weighted by atomic mass is 9.81. The summed E-state index contributed by atoms with van der Waals surface area (Å²) in [6, 6.07) is 10.1. The first-order valence-electron chi connectivity index (χ1n) is 9.21. The zero-order valence-electron chi connectivity index (χ0n) is 16.2. The molecule has 146 valence electrons. The SMILES string of the molecule is COCCn1nnnc1[C@@H]1CN(C(=O)CC(C)(C)c2ccccc2)CCO1. The number of carbonyl (C=O) groups is 1. The molecule has 0 radical (unpaired) electrons. The van der Waals surface area contributed by atoms with Gasteiger partial charge in [-0.25, -0.2) is 4.68 Å². The van der Waals surface area contributed by atoms with Gasteiger partial charge in [0.15, 0.2) is 5.82 Å². The fourth-order valence-corrected chi connectivity index (χ4v) is 3.29. The first-order valence-corrected chi connectivity index (χ1v) is 9.21. The number of aromatic nitrogens is 4. The van der Waals surface area contributed by atoms with Crippen molar-refractivity contribution in [3.05, 3.63) is 41.7 Å². The number of morpholine rings is 1. The van der Waals surface area contributed by atoms with Crippen molar-refractivity contribution in [1.29, 1.82) is 0 Å². The van der Waals surface area contributed by atoms with Crippen LogP contribution in [-0.4, -0.2) is 64.4 Å². The molecule has 1 aromatic heterocycles. The first-order chi connectivity index (χ1) is 13.0. The second-order valence-electron chi connectivity index (χ2n) is 7.38. The van der Waals surface area contributed by atoms with E-state index in [9.17, 15) is 4.79 Å². The van der Waals surface area contributed by atoms with Crippen LogP contribution in [0.3, 0.4) is 0 Å². The van der Waals surface area contributed by atoms with E-state index in [1.165, 1.54) is 0 Å². The highest BCUT2D eigenvalue weighted by atomic mass is 16.5. The van der Waals surface area contributed by atoms with Gasteiger partial charge in [0.2, 0.25) is 5.91 Å². The number of methoxy groups -OCH3 is 1. The van der Waals surface area contributed by atoms with E-state index >= 15 is 0 Å². The molecule has 3 rings (SSSR count). The Morgan fingerprint density at radius 2 is 2.11 bits per heavy atom. The van der Waals surface area contributed by atoms with Gasteiger partial charge in [-0.3, -0.25) is 4.79 Å². The Morgan fingerprint density at radius 3 is 2.85 bits per heavy atom. The Bertz CT molecular complexity index is 747. The maximum absolute atomic E-state index is 13.0. The van der Waals surface area contributed by atoms with Gasteiger partial charge in [0.05, 0.1) is 26.3 Å². The normalized spacial score (nSPS) is 17.9. The van der Waals surface area contributed by atoms with Crippen LogP contribution in [0.15, 0.2) is 30.3 Å². The zero-order chi connectivity index (χ0) is 19.3. The molecule has 1 amide bonds. The van der Waals surface area contributed by atoms with Crippen LogP contribution in [0.4, 0.5) is 0 Å². The van der Waals surface area contributed by atoms with Gasteiger partial charge in [-0.2, -0.15) is 0 Å². The average Bonchev–Trinajstić information content (AvgIpc) is 3.15. The van der Waals surface area contributed by atoms with E-state index in [0.29, 0.717) is 45.1 Å². The summed E-state index contributed by atoms with van der Waals surface area (Å²) in [5.41, 5.74) is 0.929. The van der Waals surface area contributed by atoms with Gasteiger partial charge < -0.3 is 14.4 Å². The van der Waals surface area contributed by atoms with E-state index in [0.717, 1.165) is 5.56 Å². The molecule has 2 aromatic rings. The van der Waals surface area contributed by atoms with Crippen LogP contribution in [-0.2, 0) is 26.2 Å². The van der Waals surface area contributed by atoms with E-state index in [2.05, 4.69) is 41.5 Å². The molecule has 1 aliphatic rings. The highest BCUT2D eigenvalue weighted by Gasteiger charge is 2.32. The molecular formula is C19H27N5O3. The third-order valence-corrected chi connectivity index (χ3v) is 4.92. The summed E-state index contributed by atoms with van der Waals surface area (Å²) in [6.45, 7) is 6.77. The van der Waals surface area contributed by atoms with E-state index in [1.54, 1.807) is 11.8 Å². The van der Waals surface area contributed by atoms with E-state index < -0.39 is 0 Å². The molecule has 1 fully saturated rings. The van der Waals surface area contributed by atoms with Crippen molar-refractivity contribution < 1.29 is 14.3 Å². The van der Waals surface area contributed by atoms with Gasteiger partial charge >= 0.3 is 0 Å². The molecule has 0 saturated carbocycles. The predicted molar refractivity (Wildman–Crippen MR) is 99.1 cm³/mol. The number of rotatable bonds is 7. The predicted octanol–water partition coefficient (Wildman–Crippen LogP) is 1.59. The zero-order valence-corrected chi connectivity index (χ0v) is 16.2. The molecule has 1 saturated heterocycles. The van der Waals surface area contributed by atoms with E-state index in [1.807, 2.05) is 23.1 Å². The van der Waals surface area contributed by atoms with Gasteiger partial charge in [0, 0.05) is 20.1 Å². The molecule has 0 aliphatic carbocycles. The summed E-state index contributed by atoms with van der Waals surface area (Å²) >= 11 is 0. The number of amides is 1. The fraction of sp³-hybridized carbons (Fsp3) is 0.579. The maximum Gasteiger partial charge on any atom is 0.223 e. The number of ether oxygens (including phenoxy) is 2. The van der Waals surface area contributed by atoms with Gasteiger partial charge in [0.25, 0.3) is 0 Å². The maximum atomic E-state index is 13.0. The lowest BCUT2D eigenvalue weighted by molar-refractivity contribution is -0.140. The first kappa shape index (κ1) is 19.4. The lowest BCUT2D eigenvalue weighted by Crippen LogP contribution is -2.44. The minimum atomic E-state index is -0.325. The van der Waals surface area contributed by atoms with Crippen molar-refractivity contribution in [1.82, 2.24) is 25.1 Å². The molecule has 1 atom stereocenters. The highest BCUT2D eigenvalue weighted by molar-refractivity contribution is 5.78. The van der Waals surface area contributed by atoms with E-state index in [-0.39, 0.29) is 17.4 Å². The van der Waals surface area contributed by atoms with Gasteiger partial charge in [0.1, 0.15) is 6.10 Å². The number of carbonyl (C=O) groups excluding carboxylic acids is 1. The molecular weight excluding hydrogens is 346 g/mol. The lowest BCUT2D eigenvalue weighted by Gasteiger charge is -2.35. The van der Waals surface area contributed by atoms with Crippen molar-refractivity contribution in [2.75, 3.05) is 33.4 Å². The summed E-state index contributed by atoms with van der Waals surface area (Å²) in [4.78, 5) is 14.8. The second kappa shape index (κ2) is 8.58. The molecule has 8 heteroatoms. The Labute approximate surface area is 159 Å². The number of hydrogen-bond acceptors (Lipinski definition) is 6. The second-order valence-corrected chi connectivity index (χ2v) is 7.38. The van der Waals surface area contributed by atoms with Crippen molar-refractivity contribution >= 4 is 5.91 Å². The number of tetrazole rings is 1. The topological polar surface area (TPSA) is 82.4 Å². The molecule has 0 N–H and O–H groups in total. The Morgan fingerprint density at radius 1 is 1.33 bits per heavy atom. The summed E-state index contributed by atoms with van der Waals surface area (Å²) in [6.07, 6.45) is 0.118. The summed E-state index contributed by atoms with van der Waals surface area (Å²) in [5.74, 6) is 0.750. The molecule has 2 heterocycles. The quantitative estimate of drug-likeness (QED) is 0.733. The van der Waals surface area contributed by atoms with E-state index in [4.69, 9.17) is 9.47 Å². The molecule has 1 aliphatic heterocycles. The van der Waals surface area contributed by atoms with Gasteiger partial charge in [-0.05, 0) is 21.4 Å². The number of hydrogen-bond donors (Lipinski definition) is 0. The number of nitrogens with zero attached hydrogens (tertiary/aromatic N) is 5. The molecule has 27 heavy (non-hydrogen) atoms. The molecule has 0 bridgehead atoms. The average molecular weight is 373 g/mol. The van der Waals surface area contributed by atoms with Crippen LogP contribution >= 0.6 is 0 Å². The van der Waals surface area contributed by atoms with Gasteiger partial charge in [-0.15, -0.1) is 5.10 Å². The number of benzene rings is 1. The fourth-order valence-electron chi connectivity index (χ4n) is 3.29. The summed E-state index contributed by atoms with van der Waals surface area (Å²) < 4.78 is 12.6. The largest absolute Gasteiger partial charge is 0.383 e. The van der Waals surface area contributed by atoms with Crippen LogP contribution in [0.2, 0.25) is 0 Å². The molecule has 8 nitrogen and oxygen atoms in total. The third-order valence-electron chi connectivity index (χ3n) is 4.92. The summed E-state index contributed by atoms with van der Waals surface area (Å²) in [7, 11) is 1.63. The standard InChI is InChI=1S/C19H27N5O3/c1-19(2,15-7-5-4-6-8-15)13-17(25)23-9-12-27-16(14-23)18-20-21-22-24(18)10-11-26-3/h4-8,16H,9-14H2,1-3H3/t16-/m0/s1. The van der Waals surface area contributed by atoms with Crippen LogP contribution in [0.1, 0.15) is 37.8 Å².